The molecule has 20 heavy (non-hydrogen) atoms. The second-order valence-corrected chi connectivity index (χ2v) is 5.22. The number of amides is 2. The van der Waals surface area contributed by atoms with Crippen molar-refractivity contribution in [2.45, 2.75) is 39.7 Å². The summed E-state index contributed by atoms with van der Waals surface area (Å²) in [6.45, 7) is 5.95. The summed E-state index contributed by atoms with van der Waals surface area (Å²) in [7, 11) is 1.80. The van der Waals surface area contributed by atoms with E-state index in [-0.39, 0.29) is 24.3 Å². The molecule has 0 aliphatic rings. The fourth-order valence-corrected chi connectivity index (χ4v) is 1.94. The zero-order valence-electron chi connectivity index (χ0n) is 12.5. The van der Waals surface area contributed by atoms with E-state index in [1.165, 1.54) is 13.3 Å². The summed E-state index contributed by atoms with van der Waals surface area (Å²) in [6, 6.07) is -0.160. The van der Waals surface area contributed by atoms with Gasteiger partial charge in [0.2, 0.25) is 11.8 Å². The molecule has 1 heterocycles. The molecule has 7 nitrogen and oxygen atoms in total. The molecule has 1 rings (SSSR count). The lowest BCUT2D eigenvalue weighted by molar-refractivity contribution is -0.122. The second-order valence-electron chi connectivity index (χ2n) is 5.22. The number of hydrogen-bond acceptors (Lipinski definition) is 4. The van der Waals surface area contributed by atoms with Gasteiger partial charge in [-0.1, -0.05) is 13.8 Å². The molecule has 1 atom stereocenters. The summed E-state index contributed by atoms with van der Waals surface area (Å²) >= 11 is 0. The molecule has 0 aliphatic carbocycles. The minimum Gasteiger partial charge on any atom is -0.356 e. The number of aryl methyl sites for hydroxylation is 1. The molecule has 0 bridgehead atoms. The van der Waals surface area contributed by atoms with Crippen molar-refractivity contribution in [3.05, 3.63) is 12.2 Å². The summed E-state index contributed by atoms with van der Waals surface area (Å²) in [4.78, 5) is 26.9. The first-order valence-electron chi connectivity index (χ1n) is 6.77. The van der Waals surface area contributed by atoms with E-state index < -0.39 is 0 Å². The molecule has 7 heteroatoms. The van der Waals surface area contributed by atoms with E-state index in [9.17, 15) is 9.59 Å². The molecule has 1 aromatic rings. The van der Waals surface area contributed by atoms with Gasteiger partial charge < -0.3 is 10.6 Å². The molecular weight excluding hydrogens is 258 g/mol. The molecule has 0 aromatic carbocycles. The lowest BCUT2D eigenvalue weighted by atomic mass is 10.0. The first kappa shape index (κ1) is 16.1. The van der Waals surface area contributed by atoms with Crippen LogP contribution in [0.3, 0.4) is 0 Å². The molecule has 2 N–H and O–H groups in total. The van der Waals surface area contributed by atoms with Gasteiger partial charge in [-0.3, -0.25) is 14.3 Å². The zero-order chi connectivity index (χ0) is 15.1. The average Bonchev–Trinajstić information content (AvgIpc) is 2.73. The number of carbonyl (C=O) groups is 2. The summed E-state index contributed by atoms with van der Waals surface area (Å²) in [5.41, 5.74) is 0. The van der Waals surface area contributed by atoms with Crippen LogP contribution in [0.25, 0.3) is 0 Å². The molecule has 0 radical (unpaired) electrons. The molecular formula is C13H23N5O2. The van der Waals surface area contributed by atoms with Crippen molar-refractivity contribution in [1.29, 1.82) is 0 Å². The van der Waals surface area contributed by atoms with Crippen LogP contribution in [-0.4, -0.2) is 33.1 Å². The fraction of sp³-hybridized carbons (Fsp3) is 0.692. The Morgan fingerprint density at radius 3 is 2.60 bits per heavy atom. The first-order valence-corrected chi connectivity index (χ1v) is 6.77. The third-order valence-electron chi connectivity index (χ3n) is 2.83. The number of rotatable bonds is 7. The van der Waals surface area contributed by atoms with Gasteiger partial charge in [0.05, 0.1) is 6.04 Å². The van der Waals surface area contributed by atoms with Gasteiger partial charge in [0.25, 0.3) is 0 Å². The van der Waals surface area contributed by atoms with Crippen LogP contribution in [0.4, 0.5) is 0 Å². The molecule has 0 aliphatic heterocycles. The monoisotopic (exact) mass is 281 g/mol. The highest BCUT2D eigenvalue weighted by Crippen LogP contribution is 2.18. The Morgan fingerprint density at radius 2 is 2.10 bits per heavy atom. The minimum atomic E-state index is -0.160. The number of hydrogen-bond donors (Lipinski definition) is 2. The van der Waals surface area contributed by atoms with Gasteiger partial charge in [0.1, 0.15) is 12.2 Å². The molecule has 112 valence electrons. The third kappa shape index (κ3) is 5.38. The molecule has 1 aromatic heterocycles. The summed E-state index contributed by atoms with van der Waals surface area (Å²) in [6.07, 6.45) is 2.52. The van der Waals surface area contributed by atoms with Gasteiger partial charge in [-0.2, -0.15) is 5.10 Å². The average molecular weight is 281 g/mol. The van der Waals surface area contributed by atoms with Crippen LogP contribution in [0.2, 0.25) is 0 Å². The van der Waals surface area contributed by atoms with Crippen LogP contribution in [0.15, 0.2) is 6.33 Å². The molecule has 0 unspecified atom stereocenters. The standard InChI is InChI=1S/C13H23N5O2/c1-9(2)7-11(13-15-8-16-18(13)4)17-12(20)5-6-14-10(3)19/h8-9,11H,5-7H2,1-4H3,(H,14,19)(H,17,20)/t11-/m1/s1. The highest BCUT2D eigenvalue weighted by molar-refractivity contribution is 5.78. The second kappa shape index (κ2) is 7.62. The SMILES string of the molecule is CC(=O)NCCC(=O)N[C@H](CC(C)C)c1ncnn1C. The van der Waals surface area contributed by atoms with Crippen LogP contribution in [0.1, 0.15) is 45.5 Å². The Balaban J connectivity index is 2.59. The highest BCUT2D eigenvalue weighted by Gasteiger charge is 2.20. The van der Waals surface area contributed by atoms with Crippen molar-refractivity contribution >= 4 is 11.8 Å². The summed E-state index contributed by atoms with van der Waals surface area (Å²) in [5.74, 6) is 0.927. The molecule has 0 spiro atoms. The van der Waals surface area contributed by atoms with Crippen molar-refractivity contribution in [2.75, 3.05) is 6.54 Å². The maximum atomic E-state index is 11.9. The van der Waals surface area contributed by atoms with Crippen molar-refractivity contribution in [2.24, 2.45) is 13.0 Å². The van der Waals surface area contributed by atoms with Gasteiger partial charge in [0.15, 0.2) is 0 Å². The van der Waals surface area contributed by atoms with Crippen molar-refractivity contribution in [3.8, 4) is 0 Å². The van der Waals surface area contributed by atoms with Crippen molar-refractivity contribution < 1.29 is 9.59 Å². The normalized spacial score (nSPS) is 12.2. The van der Waals surface area contributed by atoms with Gasteiger partial charge in [-0.05, 0) is 12.3 Å². The van der Waals surface area contributed by atoms with Crippen LogP contribution in [-0.2, 0) is 16.6 Å². The number of aromatic nitrogens is 3. The quantitative estimate of drug-likeness (QED) is 0.763. The van der Waals surface area contributed by atoms with E-state index in [0.717, 1.165) is 12.2 Å². The topological polar surface area (TPSA) is 88.9 Å². The maximum Gasteiger partial charge on any atom is 0.222 e. The Morgan fingerprint density at radius 1 is 1.40 bits per heavy atom. The van der Waals surface area contributed by atoms with Crippen LogP contribution in [0.5, 0.6) is 0 Å². The fourth-order valence-electron chi connectivity index (χ4n) is 1.94. The Kier molecular flexibility index (Phi) is 6.14. The predicted octanol–water partition coefficient (Wildman–Crippen LogP) is 0.545. The van der Waals surface area contributed by atoms with Crippen molar-refractivity contribution in [3.63, 3.8) is 0 Å². The number of nitrogens with one attached hydrogen (secondary N) is 2. The Hall–Kier alpha value is -1.92. The highest BCUT2D eigenvalue weighted by atomic mass is 16.2. The molecule has 0 fully saturated rings. The summed E-state index contributed by atoms with van der Waals surface area (Å²) < 4.78 is 1.67. The van der Waals surface area contributed by atoms with E-state index in [0.29, 0.717) is 12.5 Å². The molecule has 0 saturated carbocycles. The molecule has 0 saturated heterocycles. The number of carbonyl (C=O) groups excluding carboxylic acids is 2. The van der Waals surface area contributed by atoms with Crippen LogP contribution >= 0.6 is 0 Å². The lowest BCUT2D eigenvalue weighted by Gasteiger charge is -2.19. The lowest BCUT2D eigenvalue weighted by Crippen LogP contribution is -2.34. The van der Waals surface area contributed by atoms with Crippen LogP contribution in [0, 0.1) is 5.92 Å². The van der Waals surface area contributed by atoms with Gasteiger partial charge in [-0.15, -0.1) is 0 Å². The molecule has 2 amide bonds. The Labute approximate surface area is 119 Å². The van der Waals surface area contributed by atoms with E-state index >= 15 is 0 Å². The maximum absolute atomic E-state index is 11.9. The zero-order valence-corrected chi connectivity index (χ0v) is 12.5. The van der Waals surface area contributed by atoms with E-state index in [1.54, 1.807) is 11.7 Å². The van der Waals surface area contributed by atoms with Gasteiger partial charge >= 0.3 is 0 Å². The van der Waals surface area contributed by atoms with Gasteiger partial charge in [-0.25, -0.2) is 4.98 Å². The van der Waals surface area contributed by atoms with E-state index in [1.807, 2.05) is 0 Å². The largest absolute Gasteiger partial charge is 0.356 e. The predicted molar refractivity (Wildman–Crippen MR) is 74.6 cm³/mol. The summed E-state index contributed by atoms with van der Waals surface area (Å²) in [5, 5.41) is 9.59. The van der Waals surface area contributed by atoms with E-state index in [4.69, 9.17) is 0 Å². The van der Waals surface area contributed by atoms with Crippen LogP contribution < -0.4 is 10.6 Å². The number of nitrogens with zero attached hydrogens (tertiary/aromatic N) is 3. The first-order chi connectivity index (χ1) is 9.40. The van der Waals surface area contributed by atoms with E-state index in [2.05, 4.69) is 34.6 Å². The smallest absolute Gasteiger partial charge is 0.222 e. The minimum absolute atomic E-state index is 0.104. The third-order valence-corrected chi connectivity index (χ3v) is 2.83. The van der Waals surface area contributed by atoms with Gasteiger partial charge in [0, 0.05) is 26.9 Å². The Bertz CT molecular complexity index is 455. The van der Waals surface area contributed by atoms with Crippen molar-refractivity contribution in [1.82, 2.24) is 25.4 Å².